The van der Waals surface area contributed by atoms with E-state index in [2.05, 4.69) is 35.6 Å². The van der Waals surface area contributed by atoms with Crippen molar-refractivity contribution in [2.45, 2.75) is 53.4 Å². The number of anilines is 1. The quantitative estimate of drug-likeness (QED) is 0.376. The highest BCUT2D eigenvalue weighted by Crippen LogP contribution is 2.40. The van der Waals surface area contributed by atoms with E-state index in [1.54, 1.807) is 12.4 Å². The van der Waals surface area contributed by atoms with Gasteiger partial charge in [0, 0.05) is 54.8 Å². The zero-order valence-electron chi connectivity index (χ0n) is 20.8. The predicted molar refractivity (Wildman–Crippen MR) is 132 cm³/mol. The highest BCUT2D eigenvalue weighted by molar-refractivity contribution is 5.81. The van der Waals surface area contributed by atoms with Crippen LogP contribution in [0.15, 0.2) is 36.7 Å². The molecule has 0 radical (unpaired) electrons. The van der Waals surface area contributed by atoms with Gasteiger partial charge in [-0.15, -0.1) is 0 Å². The summed E-state index contributed by atoms with van der Waals surface area (Å²) in [5.41, 5.74) is 5.52. The molecule has 4 nitrogen and oxygen atoms in total. The molecular formula is C28H32F3N3O. The topological polar surface area (TPSA) is 38.3 Å². The second kappa shape index (κ2) is 10.3. The minimum atomic E-state index is -0.653. The molecule has 0 spiro atoms. The number of halogens is 3. The van der Waals surface area contributed by atoms with Gasteiger partial charge in [0.05, 0.1) is 12.3 Å². The molecule has 0 atom stereocenters. The van der Waals surface area contributed by atoms with Crippen molar-refractivity contribution in [3.63, 3.8) is 0 Å². The first-order chi connectivity index (χ1) is 16.7. The summed E-state index contributed by atoms with van der Waals surface area (Å²) < 4.78 is 47.2. The van der Waals surface area contributed by atoms with E-state index in [0.29, 0.717) is 16.5 Å². The van der Waals surface area contributed by atoms with Crippen LogP contribution in [0.5, 0.6) is 5.88 Å². The van der Waals surface area contributed by atoms with Gasteiger partial charge in [0.1, 0.15) is 11.6 Å². The molecule has 0 saturated carbocycles. The van der Waals surface area contributed by atoms with Crippen LogP contribution in [-0.4, -0.2) is 29.7 Å². The molecule has 1 aliphatic rings. The van der Waals surface area contributed by atoms with Gasteiger partial charge in [0.2, 0.25) is 5.88 Å². The van der Waals surface area contributed by atoms with Crippen molar-refractivity contribution in [1.82, 2.24) is 9.97 Å². The molecule has 7 heteroatoms. The second-order valence-electron chi connectivity index (χ2n) is 9.98. The Labute approximate surface area is 205 Å². The van der Waals surface area contributed by atoms with E-state index in [9.17, 15) is 13.2 Å². The molecule has 186 valence electrons. The molecule has 2 aromatic heterocycles. The van der Waals surface area contributed by atoms with Gasteiger partial charge in [-0.1, -0.05) is 20.8 Å². The molecule has 0 unspecified atom stereocenters. The van der Waals surface area contributed by atoms with Crippen molar-refractivity contribution >= 4 is 5.69 Å². The van der Waals surface area contributed by atoms with Crippen LogP contribution in [0.25, 0.3) is 11.1 Å². The monoisotopic (exact) mass is 483 g/mol. The van der Waals surface area contributed by atoms with E-state index in [1.165, 1.54) is 23.8 Å². The molecular weight excluding hydrogens is 451 g/mol. The number of hydrogen-bond donors (Lipinski definition) is 0. The molecule has 0 N–H and O–H groups in total. The summed E-state index contributed by atoms with van der Waals surface area (Å²) in [7, 11) is 0. The fourth-order valence-electron chi connectivity index (χ4n) is 4.67. The van der Waals surface area contributed by atoms with Gasteiger partial charge in [-0.2, -0.15) is 0 Å². The van der Waals surface area contributed by atoms with Gasteiger partial charge in [-0.05, 0) is 60.9 Å². The van der Waals surface area contributed by atoms with Crippen molar-refractivity contribution < 1.29 is 17.9 Å². The van der Waals surface area contributed by atoms with Gasteiger partial charge in [-0.25, -0.2) is 18.2 Å². The van der Waals surface area contributed by atoms with Crippen LogP contribution < -0.4 is 9.64 Å². The van der Waals surface area contributed by atoms with Gasteiger partial charge < -0.3 is 9.64 Å². The van der Waals surface area contributed by atoms with E-state index in [0.717, 1.165) is 55.4 Å². The maximum Gasteiger partial charge on any atom is 0.250 e. The lowest BCUT2D eigenvalue weighted by Crippen LogP contribution is -2.38. The van der Waals surface area contributed by atoms with Crippen LogP contribution in [-0.2, 0) is 12.8 Å². The highest BCUT2D eigenvalue weighted by Gasteiger charge is 2.28. The van der Waals surface area contributed by atoms with Crippen molar-refractivity contribution in [3.8, 4) is 17.0 Å². The van der Waals surface area contributed by atoms with Crippen molar-refractivity contribution in [1.29, 1.82) is 0 Å². The molecule has 4 rings (SSSR count). The fraction of sp³-hybridized carbons (Fsp3) is 0.429. The molecule has 1 aromatic carbocycles. The number of pyridine rings is 2. The number of aromatic nitrogens is 2. The minimum Gasteiger partial charge on any atom is -0.475 e. The summed E-state index contributed by atoms with van der Waals surface area (Å²) in [4.78, 5) is 11.2. The summed E-state index contributed by atoms with van der Waals surface area (Å²) in [6.45, 7) is 10.7. The lowest BCUT2D eigenvalue weighted by molar-refractivity contribution is 0.279. The highest BCUT2D eigenvalue weighted by atomic mass is 19.1. The molecule has 0 bridgehead atoms. The third-order valence-corrected chi connectivity index (χ3v) is 6.82. The fourth-order valence-corrected chi connectivity index (χ4v) is 4.67. The standard InChI is InChI=1S/C28H32F3N3O/c1-5-23-18(2)32-17-24(26(23)34-9-7-28(3,4)8-10-34)20-14-25(31)27(33-16-20)35-11-6-19-12-21(29)15-22(30)13-19/h12-17H,5-11H2,1-4H3. The third kappa shape index (κ3) is 5.77. The van der Waals surface area contributed by atoms with E-state index in [-0.39, 0.29) is 18.9 Å². The summed E-state index contributed by atoms with van der Waals surface area (Å²) >= 11 is 0. The van der Waals surface area contributed by atoms with Crippen LogP contribution >= 0.6 is 0 Å². The zero-order valence-corrected chi connectivity index (χ0v) is 20.8. The number of piperidine rings is 1. The smallest absolute Gasteiger partial charge is 0.250 e. The van der Waals surface area contributed by atoms with E-state index >= 15 is 0 Å². The van der Waals surface area contributed by atoms with Gasteiger partial charge in [0.25, 0.3) is 0 Å². The maximum absolute atomic E-state index is 15.0. The van der Waals surface area contributed by atoms with Crippen LogP contribution in [0.1, 0.15) is 50.4 Å². The van der Waals surface area contributed by atoms with Crippen LogP contribution in [0.3, 0.4) is 0 Å². The van der Waals surface area contributed by atoms with Crippen molar-refractivity contribution in [3.05, 3.63) is 70.9 Å². The van der Waals surface area contributed by atoms with Crippen LogP contribution in [0, 0.1) is 29.8 Å². The summed E-state index contributed by atoms with van der Waals surface area (Å²) in [5, 5.41) is 0. The van der Waals surface area contributed by atoms with E-state index < -0.39 is 17.5 Å². The second-order valence-corrected chi connectivity index (χ2v) is 9.98. The minimum absolute atomic E-state index is 0.0487. The Morgan fingerprint density at radius 3 is 2.29 bits per heavy atom. The average Bonchev–Trinajstić information content (AvgIpc) is 2.79. The van der Waals surface area contributed by atoms with Gasteiger partial charge in [-0.3, -0.25) is 4.98 Å². The Bertz CT molecular complexity index is 1180. The molecule has 3 aromatic rings. The van der Waals surface area contributed by atoms with Crippen LogP contribution in [0.4, 0.5) is 18.9 Å². The Morgan fingerprint density at radius 1 is 0.971 bits per heavy atom. The number of ether oxygens (including phenoxy) is 1. The van der Waals surface area contributed by atoms with E-state index in [4.69, 9.17) is 4.74 Å². The molecule has 0 amide bonds. The summed E-state index contributed by atoms with van der Waals surface area (Å²) in [5.74, 6) is -2.03. The Balaban J connectivity index is 1.56. The molecule has 1 aliphatic heterocycles. The third-order valence-electron chi connectivity index (χ3n) is 6.82. The normalized spacial score (nSPS) is 15.3. The van der Waals surface area contributed by atoms with Gasteiger partial charge in [0.15, 0.2) is 5.82 Å². The Morgan fingerprint density at radius 2 is 1.66 bits per heavy atom. The first kappa shape index (κ1) is 25.0. The molecule has 0 aliphatic carbocycles. The Kier molecular flexibility index (Phi) is 7.33. The number of aryl methyl sites for hydroxylation is 1. The predicted octanol–water partition coefficient (Wildman–Crippen LogP) is 6.68. The maximum atomic E-state index is 15.0. The van der Waals surface area contributed by atoms with Gasteiger partial charge >= 0.3 is 0 Å². The lowest BCUT2D eigenvalue weighted by Gasteiger charge is -2.40. The summed E-state index contributed by atoms with van der Waals surface area (Å²) in [6.07, 6.45) is 6.65. The van der Waals surface area contributed by atoms with Crippen molar-refractivity contribution in [2.24, 2.45) is 5.41 Å². The summed E-state index contributed by atoms with van der Waals surface area (Å²) in [6, 6.07) is 4.71. The van der Waals surface area contributed by atoms with Crippen molar-refractivity contribution in [2.75, 3.05) is 24.6 Å². The average molecular weight is 484 g/mol. The Hall–Kier alpha value is -3.09. The van der Waals surface area contributed by atoms with E-state index in [1.807, 2.05) is 6.92 Å². The molecule has 1 saturated heterocycles. The first-order valence-electron chi connectivity index (χ1n) is 12.1. The number of hydrogen-bond acceptors (Lipinski definition) is 4. The largest absolute Gasteiger partial charge is 0.475 e. The number of rotatable bonds is 7. The molecule has 3 heterocycles. The zero-order chi connectivity index (χ0) is 25.2. The number of nitrogens with zero attached hydrogens (tertiary/aromatic N) is 3. The molecule has 35 heavy (non-hydrogen) atoms. The van der Waals surface area contributed by atoms with Crippen LogP contribution in [0.2, 0.25) is 0 Å². The first-order valence-corrected chi connectivity index (χ1v) is 12.1. The lowest BCUT2D eigenvalue weighted by atomic mass is 9.82. The number of benzene rings is 1. The molecule has 1 fully saturated rings. The SMILES string of the molecule is CCc1c(C)ncc(-c2cnc(OCCc3cc(F)cc(F)c3)c(F)c2)c1N1CCC(C)(C)CC1.